The van der Waals surface area contributed by atoms with E-state index in [2.05, 4.69) is 15.3 Å². The van der Waals surface area contributed by atoms with Crippen molar-refractivity contribution in [3.8, 4) is 5.75 Å². The molecule has 1 amide bonds. The van der Waals surface area contributed by atoms with E-state index in [9.17, 15) is 4.79 Å². The van der Waals surface area contributed by atoms with Gasteiger partial charge < -0.3 is 15.0 Å². The fourth-order valence-corrected chi connectivity index (χ4v) is 3.05. The van der Waals surface area contributed by atoms with E-state index in [0.29, 0.717) is 0 Å². The van der Waals surface area contributed by atoms with E-state index in [1.807, 2.05) is 42.5 Å². The molecule has 1 saturated carbocycles. The van der Waals surface area contributed by atoms with Gasteiger partial charge in [-0.05, 0) is 37.1 Å². The first-order valence-corrected chi connectivity index (χ1v) is 7.61. The highest BCUT2D eigenvalue weighted by Gasteiger charge is 2.52. The molecule has 1 aliphatic carbocycles. The highest BCUT2D eigenvalue weighted by atomic mass is 16.5. The smallest absolute Gasteiger partial charge is 0.235 e. The summed E-state index contributed by atoms with van der Waals surface area (Å²) in [6.45, 7) is 0. The summed E-state index contributed by atoms with van der Waals surface area (Å²) in [4.78, 5) is 20.1. The molecule has 0 aliphatic heterocycles. The largest absolute Gasteiger partial charge is 0.496 e. The van der Waals surface area contributed by atoms with Crippen LogP contribution < -0.4 is 10.1 Å². The maximum atomic E-state index is 12.8. The zero-order chi connectivity index (χ0) is 15.9. The van der Waals surface area contributed by atoms with E-state index in [0.717, 1.165) is 40.9 Å². The summed E-state index contributed by atoms with van der Waals surface area (Å²) in [5, 5.41) is 3.03. The summed E-state index contributed by atoms with van der Waals surface area (Å²) in [7, 11) is 1.64. The number of carbonyl (C=O) groups excluding carboxylic acids is 1. The number of amides is 1. The number of hydrogen-bond acceptors (Lipinski definition) is 3. The highest BCUT2D eigenvalue weighted by molar-refractivity contribution is 6.02. The number of nitrogens with one attached hydrogen (secondary N) is 2. The van der Waals surface area contributed by atoms with Gasteiger partial charge in [-0.3, -0.25) is 4.79 Å². The molecule has 1 fully saturated rings. The number of nitrogens with zero attached hydrogens (tertiary/aromatic N) is 1. The molecule has 0 unspecified atom stereocenters. The van der Waals surface area contributed by atoms with Crippen LogP contribution in [-0.4, -0.2) is 23.0 Å². The number of methoxy groups -OCH3 is 1. The molecular formula is C18H17N3O2. The van der Waals surface area contributed by atoms with Gasteiger partial charge in [0.2, 0.25) is 5.91 Å². The van der Waals surface area contributed by atoms with Crippen molar-refractivity contribution < 1.29 is 9.53 Å². The summed E-state index contributed by atoms with van der Waals surface area (Å²) in [6.07, 6.45) is 3.32. The molecule has 0 bridgehead atoms. The quantitative estimate of drug-likeness (QED) is 0.777. The van der Waals surface area contributed by atoms with Crippen molar-refractivity contribution in [3.63, 3.8) is 0 Å². The first-order chi connectivity index (χ1) is 11.2. The molecule has 0 saturated heterocycles. The molecule has 116 valence electrons. The Bertz CT molecular complexity index is 881. The number of H-pyrrole nitrogens is 1. The third kappa shape index (κ3) is 2.25. The fraction of sp³-hybridized carbons (Fsp3) is 0.222. The Hall–Kier alpha value is -2.82. The SMILES string of the molecule is COc1ccccc1C1(C(=O)Nc2ccc3nc[nH]c3c2)CC1. The van der Waals surface area contributed by atoms with Crippen LogP contribution in [0, 0.1) is 0 Å². The number of aromatic amines is 1. The average Bonchev–Trinajstić information content (AvgIpc) is 3.27. The molecule has 0 atom stereocenters. The number of carbonyl (C=O) groups is 1. The van der Waals surface area contributed by atoms with Gasteiger partial charge in [-0.15, -0.1) is 0 Å². The van der Waals surface area contributed by atoms with E-state index in [1.165, 1.54) is 0 Å². The monoisotopic (exact) mass is 307 g/mol. The van der Waals surface area contributed by atoms with Gasteiger partial charge in [0.05, 0.1) is 29.9 Å². The van der Waals surface area contributed by atoms with Crippen molar-refractivity contribution in [3.05, 3.63) is 54.4 Å². The lowest BCUT2D eigenvalue weighted by atomic mass is 9.94. The predicted octanol–water partition coefficient (Wildman–Crippen LogP) is 3.24. The number of imidazole rings is 1. The Labute approximate surface area is 133 Å². The molecular weight excluding hydrogens is 290 g/mol. The second-order valence-electron chi connectivity index (χ2n) is 5.87. The van der Waals surface area contributed by atoms with E-state index >= 15 is 0 Å². The second kappa shape index (κ2) is 5.12. The fourth-order valence-electron chi connectivity index (χ4n) is 3.05. The van der Waals surface area contributed by atoms with Gasteiger partial charge in [0, 0.05) is 11.3 Å². The maximum absolute atomic E-state index is 12.8. The molecule has 1 aromatic heterocycles. The van der Waals surface area contributed by atoms with Gasteiger partial charge in [0.25, 0.3) is 0 Å². The minimum absolute atomic E-state index is 0.0147. The summed E-state index contributed by atoms with van der Waals surface area (Å²) < 4.78 is 5.43. The minimum atomic E-state index is -0.477. The topological polar surface area (TPSA) is 67.0 Å². The first kappa shape index (κ1) is 13.8. The normalized spacial score (nSPS) is 15.3. The number of para-hydroxylation sites is 1. The molecule has 4 rings (SSSR count). The Kier molecular flexibility index (Phi) is 3.08. The van der Waals surface area contributed by atoms with Crippen molar-refractivity contribution in [1.29, 1.82) is 0 Å². The van der Waals surface area contributed by atoms with Gasteiger partial charge in [0.1, 0.15) is 5.75 Å². The number of fused-ring (bicyclic) bond motifs is 1. The molecule has 0 radical (unpaired) electrons. The highest BCUT2D eigenvalue weighted by Crippen LogP contribution is 2.51. The van der Waals surface area contributed by atoms with Crippen LogP contribution >= 0.6 is 0 Å². The number of hydrogen-bond donors (Lipinski definition) is 2. The zero-order valence-corrected chi connectivity index (χ0v) is 12.8. The van der Waals surface area contributed by atoms with E-state index in [-0.39, 0.29) is 5.91 Å². The molecule has 0 spiro atoms. The third-order valence-electron chi connectivity index (χ3n) is 4.49. The van der Waals surface area contributed by atoms with E-state index in [4.69, 9.17) is 4.74 Å². The maximum Gasteiger partial charge on any atom is 0.235 e. The molecule has 1 heterocycles. The number of rotatable bonds is 4. The van der Waals surface area contributed by atoms with Crippen molar-refractivity contribution in [2.45, 2.75) is 18.3 Å². The average molecular weight is 307 g/mol. The standard InChI is InChI=1S/C18H17N3O2/c1-23-16-5-3-2-4-13(16)18(8-9-18)17(22)21-12-6-7-14-15(10-12)20-11-19-14/h2-7,10-11H,8-9H2,1H3,(H,19,20)(H,21,22). The van der Waals surface area contributed by atoms with Crippen molar-refractivity contribution in [1.82, 2.24) is 9.97 Å². The summed E-state index contributed by atoms with van der Waals surface area (Å²) in [5.41, 5.74) is 3.05. The van der Waals surface area contributed by atoms with Gasteiger partial charge in [-0.1, -0.05) is 18.2 Å². The van der Waals surface area contributed by atoms with Crippen LogP contribution in [0.4, 0.5) is 5.69 Å². The molecule has 5 heteroatoms. The number of benzene rings is 2. The third-order valence-corrected chi connectivity index (χ3v) is 4.49. The number of ether oxygens (including phenoxy) is 1. The van der Waals surface area contributed by atoms with Crippen molar-refractivity contribution in [2.75, 3.05) is 12.4 Å². The van der Waals surface area contributed by atoms with Gasteiger partial charge in [-0.25, -0.2) is 4.98 Å². The van der Waals surface area contributed by atoms with Crippen LogP contribution in [0.25, 0.3) is 11.0 Å². The van der Waals surface area contributed by atoms with Gasteiger partial charge in [0.15, 0.2) is 0 Å². The Morgan fingerprint density at radius 3 is 2.87 bits per heavy atom. The summed E-state index contributed by atoms with van der Waals surface area (Å²) in [6, 6.07) is 13.4. The molecule has 23 heavy (non-hydrogen) atoms. The van der Waals surface area contributed by atoms with Crippen LogP contribution in [0.15, 0.2) is 48.8 Å². The Balaban J connectivity index is 1.63. The summed E-state index contributed by atoms with van der Waals surface area (Å²) in [5.74, 6) is 0.782. The van der Waals surface area contributed by atoms with Crippen LogP contribution in [0.3, 0.4) is 0 Å². The lowest BCUT2D eigenvalue weighted by molar-refractivity contribution is -0.118. The van der Waals surface area contributed by atoms with E-state index < -0.39 is 5.41 Å². The Morgan fingerprint density at radius 2 is 2.09 bits per heavy atom. The van der Waals surface area contributed by atoms with Crippen LogP contribution in [0.1, 0.15) is 18.4 Å². The summed E-state index contributed by atoms with van der Waals surface area (Å²) >= 11 is 0. The molecule has 3 aromatic rings. The van der Waals surface area contributed by atoms with Crippen LogP contribution in [0.5, 0.6) is 5.75 Å². The van der Waals surface area contributed by atoms with Crippen molar-refractivity contribution >= 4 is 22.6 Å². The second-order valence-corrected chi connectivity index (χ2v) is 5.87. The predicted molar refractivity (Wildman–Crippen MR) is 88.6 cm³/mol. The van der Waals surface area contributed by atoms with Crippen LogP contribution in [0.2, 0.25) is 0 Å². The Morgan fingerprint density at radius 1 is 1.26 bits per heavy atom. The van der Waals surface area contributed by atoms with Gasteiger partial charge >= 0.3 is 0 Å². The zero-order valence-electron chi connectivity index (χ0n) is 12.8. The lowest BCUT2D eigenvalue weighted by Gasteiger charge is -2.18. The number of aromatic nitrogens is 2. The molecule has 1 aliphatic rings. The van der Waals surface area contributed by atoms with Crippen molar-refractivity contribution in [2.24, 2.45) is 0 Å². The van der Waals surface area contributed by atoms with E-state index in [1.54, 1.807) is 13.4 Å². The van der Waals surface area contributed by atoms with Crippen LogP contribution in [-0.2, 0) is 10.2 Å². The minimum Gasteiger partial charge on any atom is -0.496 e. The first-order valence-electron chi connectivity index (χ1n) is 7.61. The lowest BCUT2D eigenvalue weighted by Crippen LogP contribution is -2.28. The molecule has 2 aromatic carbocycles. The number of anilines is 1. The molecule has 5 nitrogen and oxygen atoms in total. The molecule has 2 N–H and O–H groups in total. The van der Waals surface area contributed by atoms with Gasteiger partial charge in [-0.2, -0.15) is 0 Å².